The molecule has 2 fully saturated rings. The van der Waals surface area contributed by atoms with Crippen molar-refractivity contribution in [2.75, 3.05) is 39.3 Å². The summed E-state index contributed by atoms with van der Waals surface area (Å²) in [5.41, 5.74) is -0.795. The summed E-state index contributed by atoms with van der Waals surface area (Å²) in [4.78, 5) is 134. The first-order valence-electron chi connectivity index (χ1n) is 31.2. The molecule has 13 N–H and O–H groups in total. The molecule has 1 spiro atoms. The lowest BCUT2D eigenvalue weighted by Crippen LogP contribution is -2.53. The second kappa shape index (κ2) is 35.4. The number of fused-ring (bicyclic) bond motifs is 4. The fourth-order valence-corrected chi connectivity index (χ4v) is 25.2. The zero-order valence-electron chi connectivity index (χ0n) is 52.9. The predicted octanol–water partition coefficient (Wildman–Crippen LogP) is 0.118. The number of amides is 8. The number of halogens is 4. The van der Waals surface area contributed by atoms with Gasteiger partial charge >= 0.3 is 34.4 Å². The van der Waals surface area contributed by atoms with Gasteiger partial charge in [-0.2, -0.15) is 0 Å². The molecule has 3 atom stereocenters. The highest BCUT2D eigenvalue weighted by Crippen LogP contribution is 2.86. The van der Waals surface area contributed by atoms with Gasteiger partial charge in [0.1, 0.15) is 35.4 Å². The SMILES string of the molecule is N#N.O=C(CCNC(=O)[C@H](CNC(=O)c1cc(F)c2c(c1)B(O)OC2)NC(=O)c1cc(F)c2c(c1)B(O)OC2)NCCCCCC(=O)C1([C@@H](CCCCNC(=O)CCNC(=O)[C@H](CNC(=O)c2cc(F)c3c(c2)B(O)OC3)NC(=O)c2cc(F)c3c(c2)B(O)OC3)C(=O)O)SSC2(SS2)SS1.[HH].[HH]. The summed E-state index contributed by atoms with van der Waals surface area (Å²) in [6.07, 6.45) is 1.43. The molecule has 538 valence electrons. The molecule has 101 heavy (non-hydrogen) atoms. The number of carboxylic acids is 1. The Hall–Kier alpha value is -7.04. The Balaban J connectivity index is 0.00000368. The minimum atomic E-state index is -1.56. The van der Waals surface area contributed by atoms with Crippen molar-refractivity contribution in [3.8, 4) is 0 Å². The number of aliphatic carboxylic acids is 1. The van der Waals surface area contributed by atoms with Gasteiger partial charge in [-0.15, -0.1) is 0 Å². The van der Waals surface area contributed by atoms with E-state index in [1.54, 1.807) is 21.6 Å². The van der Waals surface area contributed by atoms with Crippen molar-refractivity contribution < 1.29 is 112 Å². The number of carboxylic acid groups (broad SMARTS) is 1. The van der Waals surface area contributed by atoms with Crippen LogP contribution in [0.4, 0.5) is 17.6 Å². The molecule has 4 aromatic carbocycles. The Bertz CT molecular complexity index is 3930. The number of benzene rings is 4. The van der Waals surface area contributed by atoms with Crippen LogP contribution in [0, 0.1) is 40.0 Å². The minimum Gasteiger partial charge on any atom is -0.481 e. The van der Waals surface area contributed by atoms with Gasteiger partial charge in [0.15, 0.2) is 12.6 Å². The van der Waals surface area contributed by atoms with Gasteiger partial charge in [0.25, 0.3) is 23.6 Å². The summed E-state index contributed by atoms with van der Waals surface area (Å²) in [5, 5.41) is 83.3. The molecule has 6 heterocycles. The highest BCUT2D eigenvalue weighted by atomic mass is 33.2. The van der Waals surface area contributed by atoms with E-state index in [1.165, 1.54) is 67.4 Å². The Kier molecular flexibility index (Phi) is 27.4. The van der Waals surface area contributed by atoms with Crippen LogP contribution < -0.4 is 64.4 Å². The number of unbranched alkanes of at least 4 members (excludes halogenated alkanes) is 3. The summed E-state index contributed by atoms with van der Waals surface area (Å²) in [6.45, 7) is -2.36. The van der Waals surface area contributed by atoms with Crippen LogP contribution in [0.2, 0.25) is 0 Å². The summed E-state index contributed by atoms with van der Waals surface area (Å²) >= 11 is 0. The molecule has 0 bridgehead atoms. The maximum Gasteiger partial charge on any atom is 0.491 e. The van der Waals surface area contributed by atoms with Crippen LogP contribution in [-0.2, 0) is 73.8 Å². The Labute approximate surface area is 600 Å². The van der Waals surface area contributed by atoms with Gasteiger partial charge in [-0.1, -0.05) is 34.4 Å². The van der Waals surface area contributed by atoms with E-state index >= 15 is 0 Å². The van der Waals surface area contributed by atoms with E-state index in [4.69, 9.17) is 29.4 Å². The molecule has 4 aromatic rings. The lowest BCUT2D eigenvalue weighted by atomic mass is 9.78. The van der Waals surface area contributed by atoms with Crippen molar-refractivity contribution in [3.63, 3.8) is 0 Å². The molecular weight excluding hydrogens is 1450 g/mol. The van der Waals surface area contributed by atoms with E-state index in [2.05, 4.69) is 42.5 Å². The number of carbonyl (C=O) groups excluding carboxylic acids is 9. The molecule has 6 aliphatic rings. The van der Waals surface area contributed by atoms with Crippen molar-refractivity contribution in [3.05, 3.63) is 116 Å². The average Bonchev–Trinajstić information content (AvgIpc) is 1.65. The van der Waals surface area contributed by atoms with E-state index in [0.29, 0.717) is 25.7 Å². The van der Waals surface area contributed by atoms with E-state index in [0.717, 1.165) is 24.3 Å². The fourth-order valence-electron chi connectivity index (χ4n) is 11.1. The predicted molar refractivity (Wildman–Crippen MR) is 371 cm³/mol. The molecule has 0 aliphatic carbocycles. The van der Waals surface area contributed by atoms with E-state index in [-0.39, 0.29) is 162 Å². The summed E-state index contributed by atoms with van der Waals surface area (Å²) in [7, 11) is 2.52. The molecule has 10 rings (SSSR count). The lowest BCUT2D eigenvalue weighted by molar-refractivity contribution is -0.144. The molecular formula is C58H66B4F4N10O19S6. The van der Waals surface area contributed by atoms with Gasteiger partial charge < -0.3 is 86.4 Å². The number of rotatable bonds is 32. The summed E-state index contributed by atoms with van der Waals surface area (Å²) in [5.74, 6) is -12.4. The van der Waals surface area contributed by atoms with E-state index in [9.17, 15) is 90.7 Å². The molecule has 2 saturated heterocycles. The number of nitrogens with one attached hydrogen (secondary N) is 8. The minimum absolute atomic E-state index is 0. The number of carbonyl (C=O) groups is 10. The number of nitrogens with zero attached hydrogens (tertiary/aromatic N) is 2. The van der Waals surface area contributed by atoms with Gasteiger partial charge in [-0.3, -0.25) is 47.9 Å². The third-order valence-electron chi connectivity index (χ3n) is 16.6. The molecule has 0 saturated carbocycles. The lowest BCUT2D eigenvalue weighted by Gasteiger charge is -2.39. The van der Waals surface area contributed by atoms with Gasteiger partial charge in [-0.05, 0) is 139 Å². The number of ketones is 1. The molecule has 0 radical (unpaired) electrons. The van der Waals surface area contributed by atoms with Crippen LogP contribution >= 0.6 is 64.8 Å². The van der Waals surface area contributed by atoms with Crippen molar-refractivity contribution in [2.24, 2.45) is 5.92 Å². The monoisotopic (exact) mass is 1520 g/mol. The first-order chi connectivity index (χ1) is 48.3. The Morgan fingerprint density at radius 3 is 1.16 bits per heavy atom. The summed E-state index contributed by atoms with van der Waals surface area (Å²) < 4.78 is 78.0. The maximum atomic E-state index is 14.9. The van der Waals surface area contributed by atoms with Crippen LogP contribution in [0.3, 0.4) is 0 Å². The van der Waals surface area contributed by atoms with Crippen LogP contribution in [-0.4, -0.2) is 171 Å². The van der Waals surface area contributed by atoms with Crippen LogP contribution in [0.15, 0.2) is 48.5 Å². The quantitative estimate of drug-likeness (QED) is 0.00771. The highest BCUT2D eigenvalue weighted by molar-refractivity contribution is 9.14. The van der Waals surface area contributed by atoms with Gasteiger partial charge in [-0.25, -0.2) is 17.6 Å². The van der Waals surface area contributed by atoms with Crippen LogP contribution in [0.25, 0.3) is 0 Å². The molecule has 43 heteroatoms. The van der Waals surface area contributed by atoms with E-state index < -0.39 is 140 Å². The largest absolute Gasteiger partial charge is 0.491 e. The smallest absolute Gasteiger partial charge is 0.481 e. The summed E-state index contributed by atoms with van der Waals surface area (Å²) in [6, 6.07) is 5.27. The first-order valence-corrected chi connectivity index (χ1v) is 37.6. The number of hydrogen-bond acceptors (Lipinski definition) is 26. The van der Waals surface area contributed by atoms with E-state index in [1.807, 2.05) is 0 Å². The average molecular weight is 1520 g/mol. The highest BCUT2D eigenvalue weighted by Gasteiger charge is 2.61. The van der Waals surface area contributed by atoms with Gasteiger partial charge in [0.05, 0.1) is 32.3 Å². The fraction of sp³-hybridized carbons (Fsp3) is 0.414. The van der Waals surface area contributed by atoms with Crippen LogP contribution in [0.5, 0.6) is 0 Å². The third-order valence-corrected chi connectivity index (χ3v) is 31.0. The standard InChI is InChI=1S/C58H62B4F4N8O19S6.N2.2H2/c63-41-18-28(14-37-32(41)24-90-59(37)86)50(78)71-22-45(73-52(80)30-16-39-34(43(65)20-30)26-92-61(39)88)54(82)69-12-8-48(76)67-10-4-1-2-7-47(75)57(94-96-58(97-95-57)98-99-58)36(56(84)85)6-3-5-11-68-49(77)9-13-70-55(83)46(74-53(81)31-17-40-35(44(66)21-31)27-93-62(40)89)23-72-51(79)29-15-38-33(42(64)19-29)25-91-60(38)87;1-2;;/h14-21,36,45-46,86-89H,1-13,22-27H2,(H,67,76)(H,68,77)(H,69,82)(H,70,83)(H,71,78)(H,72,79)(H,73,80)(H,74,81)(H,84,85);;2*1H/t36-,45-,46-;;;/m0.../s1. The van der Waals surface area contributed by atoms with Crippen molar-refractivity contribution >= 4 is 174 Å². The normalized spacial score (nSPS) is 16.4. The van der Waals surface area contributed by atoms with Crippen molar-refractivity contribution in [2.45, 2.75) is 103 Å². The zero-order chi connectivity index (χ0) is 72.9. The topological polar surface area (TPSA) is 453 Å². The third kappa shape index (κ3) is 19.4. The van der Waals surface area contributed by atoms with Gasteiger partial charge in [0, 0.05) is 117 Å². The van der Waals surface area contributed by atoms with Crippen molar-refractivity contribution in [1.29, 1.82) is 10.8 Å². The Morgan fingerprint density at radius 2 is 0.802 bits per heavy atom. The molecule has 0 aromatic heterocycles. The molecule has 0 unspecified atom stereocenters. The zero-order valence-corrected chi connectivity index (χ0v) is 57.8. The van der Waals surface area contributed by atoms with Gasteiger partial charge in [0.2, 0.25) is 23.6 Å². The second-order valence-corrected chi connectivity index (χ2v) is 32.8. The number of hydrogen-bond donors (Lipinski definition) is 13. The maximum absolute atomic E-state index is 14.9. The Morgan fingerprint density at radius 1 is 0.455 bits per heavy atom. The van der Waals surface area contributed by atoms with Crippen molar-refractivity contribution in [1.82, 2.24) is 42.5 Å². The molecule has 8 amide bonds. The molecule has 29 nitrogen and oxygen atoms in total. The molecule has 6 aliphatic heterocycles. The number of Topliss-reactive ketones (excluding diaryl/α,β-unsaturated/α-hetero) is 1. The van der Waals surface area contributed by atoms with Crippen LogP contribution in [0.1, 0.15) is 124 Å². The second-order valence-electron chi connectivity index (χ2n) is 23.3. The first kappa shape index (κ1) is 78.1.